The molecule has 100 valence electrons. The van der Waals surface area contributed by atoms with Crippen LogP contribution in [0.25, 0.3) is 0 Å². The number of aromatic nitrogens is 1. The van der Waals surface area contributed by atoms with Gasteiger partial charge in [-0.15, -0.1) is 0 Å². The van der Waals surface area contributed by atoms with Gasteiger partial charge in [-0.2, -0.15) is 0 Å². The predicted molar refractivity (Wildman–Crippen MR) is 78.9 cm³/mol. The smallest absolute Gasteiger partial charge is 0.141 e. The van der Waals surface area contributed by atoms with Gasteiger partial charge < -0.3 is 5.32 Å². The van der Waals surface area contributed by atoms with Gasteiger partial charge in [0.25, 0.3) is 0 Å². The van der Waals surface area contributed by atoms with Gasteiger partial charge in [-0.25, -0.2) is 4.39 Å². The van der Waals surface area contributed by atoms with Crippen LogP contribution in [0.5, 0.6) is 0 Å². The summed E-state index contributed by atoms with van der Waals surface area (Å²) in [6.07, 6.45) is 4.32. The van der Waals surface area contributed by atoms with Gasteiger partial charge in [0.15, 0.2) is 0 Å². The van der Waals surface area contributed by atoms with Gasteiger partial charge in [0.1, 0.15) is 5.82 Å². The lowest BCUT2D eigenvalue weighted by Crippen LogP contribution is -2.19. The van der Waals surface area contributed by atoms with Crippen molar-refractivity contribution in [2.24, 2.45) is 0 Å². The fourth-order valence-electron chi connectivity index (χ4n) is 1.92. The van der Waals surface area contributed by atoms with E-state index in [0.29, 0.717) is 0 Å². The Bertz CT molecular complexity index is 577. The van der Waals surface area contributed by atoms with E-state index in [1.54, 1.807) is 18.3 Å². The molecule has 0 fully saturated rings. The molecule has 19 heavy (non-hydrogen) atoms. The highest BCUT2D eigenvalue weighted by Crippen LogP contribution is 2.24. The molecule has 0 spiro atoms. The fraction of sp³-hybridized carbons (Fsp3) is 0.214. The average Bonchev–Trinajstić information content (AvgIpc) is 2.39. The third-order valence-corrected chi connectivity index (χ3v) is 3.62. The molecule has 2 rings (SSSR count). The second kappa shape index (κ2) is 6.46. The lowest BCUT2D eigenvalue weighted by molar-refractivity contribution is 0.585. The minimum absolute atomic E-state index is 0.0641. The first-order valence-electron chi connectivity index (χ1n) is 5.82. The third-order valence-electron chi connectivity index (χ3n) is 2.90. The van der Waals surface area contributed by atoms with Crippen molar-refractivity contribution in [1.82, 2.24) is 10.3 Å². The molecule has 0 amide bonds. The lowest BCUT2D eigenvalue weighted by Gasteiger charge is -2.17. The van der Waals surface area contributed by atoms with Gasteiger partial charge in [0.05, 0.1) is 5.02 Å². The number of benzene rings is 1. The van der Waals surface area contributed by atoms with Gasteiger partial charge in [-0.1, -0.05) is 17.7 Å². The first-order chi connectivity index (χ1) is 9.10. The van der Waals surface area contributed by atoms with E-state index in [4.69, 9.17) is 11.6 Å². The summed E-state index contributed by atoms with van der Waals surface area (Å²) in [6, 6.07) is 6.87. The Hall–Kier alpha value is -0.970. The van der Waals surface area contributed by atoms with Crippen LogP contribution < -0.4 is 5.32 Å². The summed E-state index contributed by atoms with van der Waals surface area (Å²) in [4.78, 5) is 4.14. The topological polar surface area (TPSA) is 24.9 Å². The zero-order valence-electron chi connectivity index (χ0n) is 10.3. The first kappa shape index (κ1) is 14.4. The Kier molecular flexibility index (Phi) is 4.91. The van der Waals surface area contributed by atoms with E-state index in [1.807, 2.05) is 19.3 Å². The maximum Gasteiger partial charge on any atom is 0.141 e. The van der Waals surface area contributed by atoms with Crippen molar-refractivity contribution < 1.29 is 4.39 Å². The molecule has 0 saturated carbocycles. The fourth-order valence-corrected chi connectivity index (χ4v) is 2.52. The molecule has 1 atom stereocenters. The summed E-state index contributed by atoms with van der Waals surface area (Å²) in [6.45, 7) is 0. The summed E-state index contributed by atoms with van der Waals surface area (Å²) < 4.78 is 14.1. The number of halogens is 3. The van der Waals surface area contributed by atoms with Crippen molar-refractivity contribution >= 4 is 27.5 Å². The van der Waals surface area contributed by atoms with E-state index >= 15 is 0 Å². The molecule has 1 N–H and O–H groups in total. The van der Waals surface area contributed by atoms with Gasteiger partial charge in [-0.3, -0.25) is 4.98 Å². The molecule has 0 bridgehead atoms. The molecule has 1 aromatic heterocycles. The maximum atomic E-state index is 13.2. The average molecular weight is 344 g/mol. The van der Waals surface area contributed by atoms with Crippen molar-refractivity contribution in [2.75, 3.05) is 7.05 Å². The molecule has 0 radical (unpaired) electrons. The molecule has 1 aromatic carbocycles. The molecule has 2 nitrogen and oxygen atoms in total. The zero-order chi connectivity index (χ0) is 13.8. The van der Waals surface area contributed by atoms with Crippen molar-refractivity contribution in [3.63, 3.8) is 0 Å². The number of pyridine rings is 1. The van der Waals surface area contributed by atoms with Crippen LogP contribution in [0.15, 0.2) is 41.1 Å². The van der Waals surface area contributed by atoms with E-state index in [2.05, 4.69) is 26.2 Å². The SMILES string of the molecule is CNC(Cc1cncc(Br)c1)c1ccc(F)c(Cl)c1. The van der Waals surface area contributed by atoms with Crippen LogP contribution in [0.3, 0.4) is 0 Å². The first-order valence-corrected chi connectivity index (χ1v) is 6.99. The van der Waals surface area contributed by atoms with Crippen LogP contribution >= 0.6 is 27.5 Å². The second-order valence-corrected chi connectivity index (χ2v) is 5.55. The molecule has 2 aromatic rings. The van der Waals surface area contributed by atoms with Crippen LogP contribution in [-0.2, 0) is 6.42 Å². The van der Waals surface area contributed by atoms with Gasteiger partial charge in [0.2, 0.25) is 0 Å². The van der Waals surface area contributed by atoms with Crippen molar-refractivity contribution in [2.45, 2.75) is 12.5 Å². The van der Waals surface area contributed by atoms with Crippen LogP contribution in [0.1, 0.15) is 17.2 Å². The molecule has 0 saturated heterocycles. The summed E-state index contributed by atoms with van der Waals surface area (Å²) in [7, 11) is 1.87. The highest BCUT2D eigenvalue weighted by atomic mass is 79.9. The zero-order valence-corrected chi connectivity index (χ0v) is 12.7. The second-order valence-electron chi connectivity index (χ2n) is 4.23. The Morgan fingerprint density at radius 1 is 1.37 bits per heavy atom. The van der Waals surface area contributed by atoms with Gasteiger partial charge in [-0.05, 0) is 58.7 Å². The van der Waals surface area contributed by atoms with Gasteiger partial charge in [0, 0.05) is 22.9 Å². The minimum Gasteiger partial charge on any atom is -0.313 e. The predicted octanol–water partition coefficient (Wildman–Crippen LogP) is 4.14. The van der Waals surface area contributed by atoms with Crippen LogP contribution in [-0.4, -0.2) is 12.0 Å². The standard InChI is InChI=1S/C14H13BrClFN2/c1-18-14(5-9-4-11(15)8-19-7-9)10-2-3-13(17)12(16)6-10/h2-4,6-8,14,18H,5H2,1H3. The molecule has 5 heteroatoms. The molecule has 0 aliphatic rings. The van der Waals surface area contributed by atoms with Crippen molar-refractivity contribution in [3.05, 3.63) is 63.1 Å². The number of hydrogen-bond donors (Lipinski definition) is 1. The van der Waals surface area contributed by atoms with Crippen LogP contribution in [0.4, 0.5) is 4.39 Å². The Morgan fingerprint density at radius 3 is 2.79 bits per heavy atom. The Labute approximate surface area is 125 Å². The number of hydrogen-bond acceptors (Lipinski definition) is 2. The Balaban J connectivity index is 2.22. The summed E-state index contributed by atoms with van der Waals surface area (Å²) in [5.74, 6) is -0.399. The lowest BCUT2D eigenvalue weighted by atomic mass is 10.00. The normalized spacial score (nSPS) is 12.4. The highest BCUT2D eigenvalue weighted by molar-refractivity contribution is 9.10. The van der Waals surface area contributed by atoms with E-state index in [0.717, 1.165) is 22.0 Å². The van der Waals surface area contributed by atoms with E-state index < -0.39 is 5.82 Å². The van der Waals surface area contributed by atoms with Crippen molar-refractivity contribution in [3.8, 4) is 0 Å². The third kappa shape index (κ3) is 3.75. The number of likely N-dealkylation sites (N-methyl/N-ethyl adjacent to an activating group) is 1. The largest absolute Gasteiger partial charge is 0.313 e. The highest BCUT2D eigenvalue weighted by Gasteiger charge is 2.12. The molecular weight excluding hydrogens is 331 g/mol. The Morgan fingerprint density at radius 2 is 2.16 bits per heavy atom. The van der Waals surface area contributed by atoms with Crippen LogP contribution in [0.2, 0.25) is 5.02 Å². The number of nitrogens with zero attached hydrogens (tertiary/aromatic N) is 1. The minimum atomic E-state index is -0.399. The monoisotopic (exact) mass is 342 g/mol. The summed E-state index contributed by atoms with van der Waals surface area (Å²) >= 11 is 9.22. The van der Waals surface area contributed by atoms with Crippen LogP contribution in [0, 0.1) is 5.82 Å². The van der Waals surface area contributed by atoms with Crippen molar-refractivity contribution in [1.29, 1.82) is 0 Å². The molecule has 1 heterocycles. The molecule has 0 aliphatic carbocycles. The summed E-state index contributed by atoms with van der Waals surface area (Å²) in [5.41, 5.74) is 2.04. The van der Waals surface area contributed by atoms with E-state index in [9.17, 15) is 4.39 Å². The number of rotatable bonds is 4. The molecular formula is C14H13BrClFN2. The number of nitrogens with one attached hydrogen (secondary N) is 1. The maximum absolute atomic E-state index is 13.2. The van der Waals surface area contributed by atoms with Gasteiger partial charge >= 0.3 is 0 Å². The molecule has 0 aliphatic heterocycles. The van der Waals surface area contributed by atoms with E-state index in [1.165, 1.54) is 6.07 Å². The summed E-state index contributed by atoms with van der Waals surface area (Å²) in [5, 5.41) is 3.35. The molecule has 1 unspecified atom stereocenters. The quantitative estimate of drug-likeness (QED) is 0.902. The van der Waals surface area contributed by atoms with E-state index in [-0.39, 0.29) is 11.1 Å².